The van der Waals surface area contributed by atoms with Gasteiger partial charge in [0, 0.05) is 6.07 Å². The second kappa shape index (κ2) is 7.60. The maximum atomic E-state index is 12.6. The van der Waals surface area contributed by atoms with Crippen LogP contribution >= 0.6 is 0 Å². The molecule has 0 fully saturated rings. The van der Waals surface area contributed by atoms with Gasteiger partial charge >= 0.3 is 18.2 Å². The lowest BCUT2D eigenvalue weighted by atomic mass is 10.1. The first-order valence-corrected chi connectivity index (χ1v) is 7.91. The highest BCUT2D eigenvalue weighted by Gasteiger charge is 2.39. The highest BCUT2D eigenvalue weighted by atomic mass is 16.6. The van der Waals surface area contributed by atoms with E-state index in [0.717, 1.165) is 18.2 Å². The van der Waals surface area contributed by atoms with Crippen LogP contribution in [0, 0.1) is 10.1 Å². The lowest BCUT2D eigenvalue weighted by molar-refractivity contribution is -0.384. The molecule has 10 heteroatoms. The van der Waals surface area contributed by atoms with Crippen LogP contribution in [-0.4, -0.2) is 39.4 Å². The lowest BCUT2D eigenvalue weighted by Gasteiger charge is -2.28. The first-order chi connectivity index (χ1) is 12.1. The molecule has 1 rings (SSSR count). The molecule has 0 heterocycles. The van der Waals surface area contributed by atoms with E-state index in [1.165, 1.54) is 41.5 Å². The van der Waals surface area contributed by atoms with E-state index in [9.17, 15) is 29.6 Å². The van der Waals surface area contributed by atoms with Gasteiger partial charge in [0.2, 0.25) is 0 Å². The molecule has 2 amide bonds. The van der Waals surface area contributed by atoms with Gasteiger partial charge < -0.3 is 14.6 Å². The van der Waals surface area contributed by atoms with Gasteiger partial charge in [-0.15, -0.1) is 0 Å². The van der Waals surface area contributed by atoms with Gasteiger partial charge in [-0.05, 0) is 47.6 Å². The van der Waals surface area contributed by atoms with Crippen LogP contribution in [0.4, 0.5) is 21.0 Å². The minimum atomic E-state index is -1.56. The number of aromatic carboxylic acids is 1. The molecule has 1 N–H and O–H groups in total. The van der Waals surface area contributed by atoms with Gasteiger partial charge in [0.1, 0.15) is 11.2 Å². The van der Waals surface area contributed by atoms with Gasteiger partial charge in [-0.3, -0.25) is 10.1 Å². The van der Waals surface area contributed by atoms with Crippen molar-refractivity contribution in [3.8, 4) is 0 Å². The highest BCUT2D eigenvalue weighted by Crippen LogP contribution is 2.34. The molecule has 0 spiro atoms. The number of amides is 2. The number of carbonyl (C=O) groups excluding carboxylic acids is 2. The van der Waals surface area contributed by atoms with E-state index < -0.39 is 51.2 Å². The first kappa shape index (κ1) is 21.9. The molecule has 0 saturated heterocycles. The molecule has 0 aliphatic rings. The maximum Gasteiger partial charge on any atom is 0.424 e. The standard InChI is InChI=1S/C17H22N2O8/c1-16(2,3)26-14(22)18(15(23)27-17(4,5)6)12-10(13(20)21)8-7-9-11(12)19(24)25/h7-9H,1-6H3,(H,20,21). The molecular weight excluding hydrogens is 360 g/mol. The molecule has 0 atom stereocenters. The molecule has 1 aromatic rings. The Morgan fingerprint density at radius 1 is 1.00 bits per heavy atom. The molecule has 0 aliphatic carbocycles. The molecule has 0 radical (unpaired) electrons. The number of benzene rings is 1. The third-order valence-electron chi connectivity index (χ3n) is 2.82. The number of carboxylic acids is 1. The van der Waals surface area contributed by atoms with Crippen molar-refractivity contribution < 1.29 is 33.9 Å². The Kier molecular flexibility index (Phi) is 6.16. The highest BCUT2D eigenvalue weighted by molar-refractivity contribution is 6.15. The smallest absolute Gasteiger partial charge is 0.424 e. The molecule has 0 aliphatic heterocycles. The van der Waals surface area contributed by atoms with Crippen LogP contribution in [0.25, 0.3) is 0 Å². The minimum Gasteiger partial charge on any atom is -0.478 e. The minimum absolute atomic E-state index is 0.234. The quantitative estimate of drug-likeness (QED) is 0.612. The second-order valence-electron chi connectivity index (χ2n) is 7.53. The van der Waals surface area contributed by atoms with E-state index in [0.29, 0.717) is 0 Å². The van der Waals surface area contributed by atoms with Gasteiger partial charge in [-0.1, -0.05) is 6.07 Å². The van der Waals surface area contributed by atoms with Crippen molar-refractivity contribution >= 4 is 29.5 Å². The summed E-state index contributed by atoms with van der Waals surface area (Å²) in [6.07, 6.45) is -2.60. The van der Waals surface area contributed by atoms with E-state index in [4.69, 9.17) is 9.47 Å². The molecular formula is C17H22N2O8. The van der Waals surface area contributed by atoms with Gasteiger partial charge in [0.05, 0.1) is 10.5 Å². The Balaban J connectivity index is 3.69. The van der Waals surface area contributed by atoms with Crippen LogP contribution < -0.4 is 4.90 Å². The Hall–Kier alpha value is -3.17. The first-order valence-electron chi connectivity index (χ1n) is 7.91. The van der Waals surface area contributed by atoms with E-state index in [1.54, 1.807) is 0 Å². The third kappa shape index (κ3) is 5.94. The summed E-state index contributed by atoms with van der Waals surface area (Å²) < 4.78 is 10.3. The van der Waals surface area contributed by atoms with Crippen molar-refractivity contribution in [2.24, 2.45) is 0 Å². The average Bonchev–Trinajstić information content (AvgIpc) is 2.43. The summed E-state index contributed by atoms with van der Waals surface area (Å²) in [4.78, 5) is 47.5. The third-order valence-corrected chi connectivity index (χ3v) is 2.82. The Morgan fingerprint density at radius 2 is 1.44 bits per heavy atom. The number of anilines is 1. The number of ether oxygens (including phenoxy) is 2. The molecule has 0 unspecified atom stereocenters. The Bertz CT molecular complexity index is 714. The molecule has 0 bridgehead atoms. The average molecular weight is 382 g/mol. The number of para-hydroxylation sites is 1. The molecule has 1 aromatic carbocycles. The van der Waals surface area contributed by atoms with Gasteiger partial charge in [-0.2, -0.15) is 4.90 Å². The maximum absolute atomic E-state index is 12.6. The fourth-order valence-electron chi connectivity index (χ4n) is 1.96. The number of hydrogen-bond acceptors (Lipinski definition) is 7. The number of hydrogen-bond donors (Lipinski definition) is 1. The van der Waals surface area contributed by atoms with Crippen LogP contribution in [0.1, 0.15) is 51.9 Å². The zero-order valence-corrected chi connectivity index (χ0v) is 15.9. The molecule has 148 valence electrons. The predicted octanol–water partition coefficient (Wildman–Crippen LogP) is 3.97. The van der Waals surface area contributed by atoms with Gasteiger partial charge in [0.25, 0.3) is 5.69 Å². The number of rotatable bonds is 3. The fourth-order valence-corrected chi connectivity index (χ4v) is 1.96. The Morgan fingerprint density at radius 3 is 1.78 bits per heavy atom. The normalized spacial score (nSPS) is 11.5. The van der Waals surface area contributed by atoms with Crippen LogP contribution in [0.5, 0.6) is 0 Å². The van der Waals surface area contributed by atoms with Gasteiger partial charge in [-0.25, -0.2) is 14.4 Å². The van der Waals surface area contributed by atoms with Crippen molar-refractivity contribution in [2.45, 2.75) is 52.7 Å². The largest absolute Gasteiger partial charge is 0.478 e. The number of nitrogens with zero attached hydrogens (tertiary/aromatic N) is 2. The van der Waals surface area contributed by atoms with Crippen molar-refractivity contribution in [3.63, 3.8) is 0 Å². The topological polar surface area (TPSA) is 136 Å². The summed E-state index contributed by atoms with van der Waals surface area (Å²) in [5.41, 5.74) is -4.22. The number of nitro benzene ring substituents is 1. The molecule has 0 saturated carbocycles. The predicted molar refractivity (Wildman–Crippen MR) is 95.0 cm³/mol. The number of nitro groups is 1. The van der Waals surface area contributed by atoms with Crippen molar-refractivity contribution in [1.29, 1.82) is 0 Å². The summed E-state index contributed by atoms with van der Waals surface area (Å²) >= 11 is 0. The molecule has 10 nitrogen and oxygen atoms in total. The van der Waals surface area contributed by atoms with E-state index in [2.05, 4.69) is 0 Å². The fraction of sp³-hybridized carbons (Fsp3) is 0.471. The van der Waals surface area contributed by atoms with Crippen LogP contribution in [0.2, 0.25) is 0 Å². The van der Waals surface area contributed by atoms with Crippen molar-refractivity contribution in [2.75, 3.05) is 4.90 Å². The van der Waals surface area contributed by atoms with Crippen molar-refractivity contribution in [3.05, 3.63) is 33.9 Å². The SMILES string of the molecule is CC(C)(C)OC(=O)N(C(=O)OC(C)(C)C)c1c(C(=O)O)cccc1[N+](=O)[O-]. The van der Waals surface area contributed by atoms with Gasteiger partial charge in [0.15, 0.2) is 5.69 Å². The molecule has 0 aromatic heterocycles. The number of carbonyl (C=O) groups is 3. The monoisotopic (exact) mass is 382 g/mol. The summed E-state index contributed by atoms with van der Waals surface area (Å²) in [5.74, 6) is -1.56. The van der Waals surface area contributed by atoms with Crippen LogP contribution in [0.3, 0.4) is 0 Å². The van der Waals surface area contributed by atoms with E-state index >= 15 is 0 Å². The summed E-state index contributed by atoms with van der Waals surface area (Å²) in [5, 5.41) is 20.8. The second-order valence-corrected chi connectivity index (χ2v) is 7.53. The van der Waals surface area contributed by atoms with Crippen molar-refractivity contribution in [1.82, 2.24) is 0 Å². The van der Waals surface area contributed by atoms with E-state index in [1.807, 2.05) is 0 Å². The van der Waals surface area contributed by atoms with E-state index in [-0.39, 0.29) is 4.90 Å². The number of imide groups is 1. The van der Waals surface area contributed by atoms with Crippen LogP contribution in [-0.2, 0) is 9.47 Å². The lowest BCUT2D eigenvalue weighted by Crippen LogP contribution is -2.44. The number of carboxylic acid groups (broad SMARTS) is 1. The summed E-state index contributed by atoms with van der Waals surface area (Å²) in [7, 11) is 0. The molecule has 27 heavy (non-hydrogen) atoms. The zero-order chi connectivity index (χ0) is 21.2. The van der Waals surface area contributed by atoms with Crippen LogP contribution in [0.15, 0.2) is 18.2 Å². The zero-order valence-electron chi connectivity index (χ0n) is 15.9. The summed E-state index contributed by atoms with van der Waals surface area (Å²) in [6.45, 7) is 9.14. The summed E-state index contributed by atoms with van der Waals surface area (Å²) in [6, 6.07) is 3.14. The Labute approximate surface area is 155 Å².